The Kier molecular flexibility index (Phi) is 4.28. The van der Waals surface area contributed by atoms with Gasteiger partial charge in [0.25, 0.3) is 0 Å². The van der Waals surface area contributed by atoms with Crippen LogP contribution in [0.4, 0.5) is 0 Å². The van der Waals surface area contributed by atoms with Gasteiger partial charge in [-0.3, -0.25) is 5.32 Å². The average Bonchev–Trinajstić information content (AvgIpc) is 3.15. The molecule has 0 aromatic carbocycles. The van der Waals surface area contributed by atoms with Crippen LogP contribution in [-0.2, 0) is 6.54 Å². The summed E-state index contributed by atoms with van der Waals surface area (Å²) < 4.78 is 10.3. The molecule has 7 heteroatoms. The molecule has 2 aromatic rings. The molecule has 21 heavy (non-hydrogen) atoms. The molecule has 2 heterocycles. The van der Waals surface area contributed by atoms with E-state index in [1.54, 1.807) is 6.92 Å². The van der Waals surface area contributed by atoms with Crippen molar-refractivity contribution < 1.29 is 9.05 Å². The van der Waals surface area contributed by atoms with Gasteiger partial charge < -0.3 is 9.05 Å². The average molecular weight is 291 g/mol. The minimum Gasteiger partial charge on any atom is -0.340 e. The second-order valence-electron chi connectivity index (χ2n) is 5.66. The molecule has 1 fully saturated rings. The van der Waals surface area contributed by atoms with E-state index in [0.29, 0.717) is 30.1 Å². The lowest BCUT2D eigenvalue weighted by atomic mass is 9.89. The van der Waals surface area contributed by atoms with Crippen molar-refractivity contribution in [3.63, 3.8) is 0 Å². The minimum absolute atomic E-state index is 0.0337. The van der Waals surface area contributed by atoms with Crippen molar-refractivity contribution in [3.8, 4) is 0 Å². The molecule has 1 N–H and O–H groups in total. The molecule has 1 aliphatic carbocycles. The van der Waals surface area contributed by atoms with E-state index < -0.39 is 0 Å². The van der Waals surface area contributed by atoms with Gasteiger partial charge in [0.2, 0.25) is 11.8 Å². The Morgan fingerprint density at radius 1 is 1.14 bits per heavy atom. The molecule has 0 aliphatic heterocycles. The van der Waals surface area contributed by atoms with E-state index in [9.17, 15) is 0 Å². The molecule has 0 amide bonds. The van der Waals surface area contributed by atoms with Gasteiger partial charge in [0.05, 0.1) is 12.6 Å². The van der Waals surface area contributed by atoms with Gasteiger partial charge in [-0.25, -0.2) is 0 Å². The first kappa shape index (κ1) is 14.2. The highest BCUT2D eigenvalue weighted by atomic mass is 16.5. The standard InChI is InChI=1S/C14H21N5O2/c1-9(15-8-12-16-10(2)20-18-12)14-17-13(19-21-14)11-6-4-3-5-7-11/h9,11,15H,3-8H2,1-2H3/t9-/m1/s1. The topological polar surface area (TPSA) is 89.9 Å². The van der Waals surface area contributed by atoms with Crippen LogP contribution in [0.3, 0.4) is 0 Å². The lowest BCUT2D eigenvalue weighted by molar-refractivity contribution is 0.326. The van der Waals surface area contributed by atoms with E-state index >= 15 is 0 Å². The van der Waals surface area contributed by atoms with Crippen LogP contribution in [0.15, 0.2) is 9.05 Å². The Morgan fingerprint density at radius 2 is 1.95 bits per heavy atom. The highest BCUT2D eigenvalue weighted by Gasteiger charge is 2.22. The summed E-state index contributed by atoms with van der Waals surface area (Å²) in [5, 5.41) is 11.3. The van der Waals surface area contributed by atoms with Crippen molar-refractivity contribution in [1.29, 1.82) is 0 Å². The van der Waals surface area contributed by atoms with Gasteiger partial charge in [0, 0.05) is 12.8 Å². The first-order valence-corrected chi connectivity index (χ1v) is 7.58. The van der Waals surface area contributed by atoms with Gasteiger partial charge in [-0.15, -0.1) is 0 Å². The van der Waals surface area contributed by atoms with Gasteiger partial charge >= 0.3 is 0 Å². The highest BCUT2D eigenvalue weighted by Crippen LogP contribution is 2.31. The molecule has 3 rings (SSSR count). The molecule has 1 aliphatic rings. The van der Waals surface area contributed by atoms with E-state index in [0.717, 1.165) is 5.82 Å². The van der Waals surface area contributed by atoms with Crippen molar-refractivity contribution in [3.05, 3.63) is 23.4 Å². The summed E-state index contributed by atoms with van der Waals surface area (Å²) in [4.78, 5) is 8.69. The van der Waals surface area contributed by atoms with Crippen LogP contribution in [-0.4, -0.2) is 20.3 Å². The van der Waals surface area contributed by atoms with Crippen LogP contribution < -0.4 is 5.32 Å². The summed E-state index contributed by atoms with van der Waals surface area (Å²) in [6.45, 7) is 4.28. The first-order valence-electron chi connectivity index (χ1n) is 7.58. The zero-order valence-electron chi connectivity index (χ0n) is 12.5. The number of hydrogen-bond donors (Lipinski definition) is 1. The molecular weight excluding hydrogens is 270 g/mol. The highest BCUT2D eigenvalue weighted by molar-refractivity contribution is 4.99. The summed E-state index contributed by atoms with van der Waals surface area (Å²) in [5.41, 5.74) is 0. The van der Waals surface area contributed by atoms with E-state index in [1.165, 1.54) is 32.1 Å². The summed E-state index contributed by atoms with van der Waals surface area (Å²) in [6.07, 6.45) is 6.19. The van der Waals surface area contributed by atoms with Gasteiger partial charge in [-0.2, -0.15) is 9.97 Å². The molecule has 0 saturated heterocycles. The Bertz CT molecular complexity index is 573. The molecule has 2 aromatic heterocycles. The Morgan fingerprint density at radius 3 is 2.67 bits per heavy atom. The predicted octanol–water partition coefficient (Wildman–Crippen LogP) is 2.66. The maximum Gasteiger partial charge on any atom is 0.243 e. The van der Waals surface area contributed by atoms with Crippen LogP contribution in [0.5, 0.6) is 0 Å². The minimum atomic E-state index is -0.0337. The lowest BCUT2D eigenvalue weighted by Crippen LogP contribution is -2.19. The van der Waals surface area contributed by atoms with Gasteiger partial charge in [0.1, 0.15) is 0 Å². The van der Waals surface area contributed by atoms with Crippen LogP contribution in [0, 0.1) is 6.92 Å². The number of aromatic nitrogens is 4. The molecule has 1 atom stereocenters. The maximum absolute atomic E-state index is 5.39. The quantitative estimate of drug-likeness (QED) is 0.905. The number of hydrogen-bond acceptors (Lipinski definition) is 7. The Hall–Kier alpha value is -1.76. The zero-order chi connectivity index (χ0) is 14.7. The maximum atomic E-state index is 5.39. The van der Waals surface area contributed by atoms with E-state index in [-0.39, 0.29) is 6.04 Å². The first-order chi connectivity index (χ1) is 10.2. The predicted molar refractivity (Wildman–Crippen MR) is 74.4 cm³/mol. The number of nitrogens with zero attached hydrogens (tertiary/aromatic N) is 4. The number of aryl methyl sites for hydroxylation is 1. The lowest BCUT2D eigenvalue weighted by Gasteiger charge is -2.17. The van der Waals surface area contributed by atoms with Crippen LogP contribution in [0.25, 0.3) is 0 Å². The molecule has 0 spiro atoms. The SMILES string of the molecule is Cc1nc(CN[C@H](C)c2nc(C3CCCCC3)no2)no1. The fourth-order valence-corrected chi connectivity index (χ4v) is 2.69. The zero-order valence-corrected chi connectivity index (χ0v) is 12.5. The third kappa shape index (κ3) is 3.47. The van der Waals surface area contributed by atoms with E-state index in [2.05, 4.69) is 25.6 Å². The molecule has 114 valence electrons. The summed E-state index contributed by atoms with van der Waals surface area (Å²) in [7, 11) is 0. The summed E-state index contributed by atoms with van der Waals surface area (Å²) in [6, 6.07) is -0.0337. The normalized spacial score (nSPS) is 18.0. The van der Waals surface area contributed by atoms with Crippen molar-refractivity contribution in [2.75, 3.05) is 0 Å². The van der Waals surface area contributed by atoms with Crippen LogP contribution in [0.1, 0.15) is 74.4 Å². The van der Waals surface area contributed by atoms with Crippen molar-refractivity contribution >= 4 is 0 Å². The second-order valence-corrected chi connectivity index (χ2v) is 5.66. The third-order valence-electron chi connectivity index (χ3n) is 3.93. The fourth-order valence-electron chi connectivity index (χ4n) is 2.69. The summed E-state index contributed by atoms with van der Waals surface area (Å²) in [5.74, 6) is 3.14. The van der Waals surface area contributed by atoms with Crippen molar-refractivity contribution in [2.45, 2.75) is 64.5 Å². The molecule has 0 radical (unpaired) electrons. The van der Waals surface area contributed by atoms with Gasteiger partial charge in [-0.1, -0.05) is 29.6 Å². The number of rotatable bonds is 5. The van der Waals surface area contributed by atoms with Gasteiger partial charge in [0.15, 0.2) is 11.6 Å². The van der Waals surface area contributed by atoms with E-state index in [4.69, 9.17) is 9.05 Å². The van der Waals surface area contributed by atoms with Crippen LogP contribution >= 0.6 is 0 Å². The molecular formula is C14H21N5O2. The summed E-state index contributed by atoms with van der Waals surface area (Å²) >= 11 is 0. The number of nitrogens with one attached hydrogen (secondary N) is 1. The van der Waals surface area contributed by atoms with Crippen LogP contribution in [0.2, 0.25) is 0 Å². The Labute approximate surface area is 123 Å². The third-order valence-corrected chi connectivity index (χ3v) is 3.93. The molecule has 0 unspecified atom stereocenters. The van der Waals surface area contributed by atoms with Crippen molar-refractivity contribution in [2.24, 2.45) is 0 Å². The Balaban J connectivity index is 1.57. The van der Waals surface area contributed by atoms with Gasteiger partial charge in [-0.05, 0) is 19.8 Å². The fraction of sp³-hybridized carbons (Fsp3) is 0.714. The van der Waals surface area contributed by atoms with E-state index in [1.807, 2.05) is 6.92 Å². The monoisotopic (exact) mass is 291 g/mol. The smallest absolute Gasteiger partial charge is 0.243 e. The van der Waals surface area contributed by atoms with Crippen molar-refractivity contribution in [1.82, 2.24) is 25.6 Å². The molecule has 7 nitrogen and oxygen atoms in total. The largest absolute Gasteiger partial charge is 0.340 e. The molecule has 1 saturated carbocycles. The molecule has 0 bridgehead atoms. The second kappa shape index (κ2) is 6.34.